The summed E-state index contributed by atoms with van der Waals surface area (Å²) in [5.41, 5.74) is 0. The zero-order valence-corrected chi connectivity index (χ0v) is 7.69. The molecule has 0 aromatic rings. The summed E-state index contributed by atoms with van der Waals surface area (Å²) in [4.78, 5) is 0. The van der Waals surface area contributed by atoms with Gasteiger partial charge in [0.15, 0.2) is 0 Å². The van der Waals surface area contributed by atoms with Crippen molar-refractivity contribution in [3.8, 4) is 0 Å². The SMILES string of the molecule is C[C@H](OCCO)[C@H](C)OCCO. The second-order valence-electron chi connectivity index (χ2n) is 2.60. The highest BCUT2D eigenvalue weighted by atomic mass is 16.5. The second kappa shape index (κ2) is 7.49. The van der Waals surface area contributed by atoms with Gasteiger partial charge >= 0.3 is 0 Å². The summed E-state index contributed by atoms with van der Waals surface area (Å²) in [6, 6.07) is 0. The van der Waals surface area contributed by atoms with E-state index in [9.17, 15) is 0 Å². The standard InChI is InChI=1S/C8H18O4/c1-7(11-5-3-9)8(2)12-6-4-10/h7-10H,3-6H2,1-2H3/t7-,8-/m0/s1. The summed E-state index contributed by atoms with van der Waals surface area (Å²) in [5.74, 6) is 0. The first-order chi connectivity index (χ1) is 5.72. The lowest BCUT2D eigenvalue weighted by atomic mass is 10.2. The highest BCUT2D eigenvalue weighted by Crippen LogP contribution is 2.02. The number of hydrogen-bond acceptors (Lipinski definition) is 4. The van der Waals surface area contributed by atoms with E-state index in [0.717, 1.165) is 0 Å². The van der Waals surface area contributed by atoms with Gasteiger partial charge in [0.1, 0.15) is 0 Å². The van der Waals surface area contributed by atoms with Gasteiger partial charge < -0.3 is 19.7 Å². The Morgan fingerprint density at radius 2 is 1.25 bits per heavy atom. The van der Waals surface area contributed by atoms with Crippen LogP contribution in [0.3, 0.4) is 0 Å². The van der Waals surface area contributed by atoms with Gasteiger partial charge in [-0.15, -0.1) is 0 Å². The molecule has 0 fully saturated rings. The van der Waals surface area contributed by atoms with Gasteiger partial charge in [0.05, 0.1) is 38.6 Å². The van der Waals surface area contributed by atoms with Gasteiger partial charge in [-0.1, -0.05) is 0 Å². The van der Waals surface area contributed by atoms with Crippen LogP contribution in [0.15, 0.2) is 0 Å². The molecule has 0 saturated heterocycles. The summed E-state index contributed by atoms with van der Waals surface area (Å²) in [6.07, 6.45) is -0.104. The third-order valence-corrected chi connectivity index (χ3v) is 1.61. The number of aliphatic hydroxyl groups excluding tert-OH is 2. The molecule has 12 heavy (non-hydrogen) atoms. The van der Waals surface area contributed by atoms with Gasteiger partial charge in [0.25, 0.3) is 0 Å². The van der Waals surface area contributed by atoms with Crippen molar-refractivity contribution in [2.24, 2.45) is 0 Å². The maximum absolute atomic E-state index is 8.47. The average molecular weight is 178 g/mol. The molecule has 0 aromatic heterocycles. The predicted octanol–water partition coefficient (Wildman–Crippen LogP) is -0.219. The molecule has 0 aliphatic carbocycles. The summed E-state index contributed by atoms with van der Waals surface area (Å²) < 4.78 is 10.4. The molecule has 0 aromatic carbocycles. The molecule has 0 amide bonds. The summed E-state index contributed by atoms with van der Waals surface area (Å²) in [7, 11) is 0. The van der Waals surface area contributed by atoms with Crippen molar-refractivity contribution in [2.45, 2.75) is 26.1 Å². The molecule has 74 valence electrons. The number of aliphatic hydroxyl groups is 2. The predicted molar refractivity (Wildman–Crippen MR) is 45.0 cm³/mol. The van der Waals surface area contributed by atoms with Crippen molar-refractivity contribution >= 4 is 0 Å². The molecule has 4 nitrogen and oxygen atoms in total. The maximum Gasteiger partial charge on any atom is 0.0807 e. The molecular weight excluding hydrogens is 160 g/mol. The van der Waals surface area contributed by atoms with E-state index in [1.807, 2.05) is 13.8 Å². The van der Waals surface area contributed by atoms with E-state index in [4.69, 9.17) is 19.7 Å². The summed E-state index contributed by atoms with van der Waals surface area (Å²) >= 11 is 0. The monoisotopic (exact) mass is 178 g/mol. The van der Waals surface area contributed by atoms with Crippen molar-refractivity contribution in [1.82, 2.24) is 0 Å². The molecule has 0 saturated carbocycles. The molecule has 0 radical (unpaired) electrons. The Morgan fingerprint density at radius 3 is 1.50 bits per heavy atom. The first-order valence-electron chi connectivity index (χ1n) is 4.17. The van der Waals surface area contributed by atoms with Crippen molar-refractivity contribution in [1.29, 1.82) is 0 Å². The van der Waals surface area contributed by atoms with E-state index in [1.165, 1.54) is 0 Å². The summed E-state index contributed by atoms with van der Waals surface area (Å²) in [6.45, 7) is 4.45. The van der Waals surface area contributed by atoms with Crippen LogP contribution in [-0.2, 0) is 9.47 Å². The second-order valence-corrected chi connectivity index (χ2v) is 2.60. The zero-order valence-electron chi connectivity index (χ0n) is 7.69. The Morgan fingerprint density at radius 1 is 0.917 bits per heavy atom. The quantitative estimate of drug-likeness (QED) is 0.566. The Labute approximate surface area is 73.1 Å². The van der Waals surface area contributed by atoms with Crippen LogP contribution < -0.4 is 0 Å². The van der Waals surface area contributed by atoms with Crippen LogP contribution in [0.4, 0.5) is 0 Å². The maximum atomic E-state index is 8.47. The van der Waals surface area contributed by atoms with Crippen molar-refractivity contribution < 1.29 is 19.7 Å². The van der Waals surface area contributed by atoms with Crippen LogP contribution >= 0.6 is 0 Å². The van der Waals surface area contributed by atoms with Gasteiger partial charge in [0.2, 0.25) is 0 Å². The van der Waals surface area contributed by atoms with E-state index >= 15 is 0 Å². The number of ether oxygens (including phenoxy) is 2. The Bertz CT molecular complexity index is 85.1. The molecule has 0 bridgehead atoms. The van der Waals surface area contributed by atoms with E-state index in [1.54, 1.807) is 0 Å². The lowest BCUT2D eigenvalue weighted by Gasteiger charge is -2.20. The molecule has 0 heterocycles. The lowest BCUT2D eigenvalue weighted by Crippen LogP contribution is -2.28. The number of hydrogen-bond donors (Lipinski definition) is 2. The molecule has 2 atom stereocenters. The number of rotatable bonds is 7. The van der Waals surface area contributed by atoms with Gasteiger partial charge in [-0.3, -0.25) is 0 Å². The first-order valence-corrected chi connectivity index (χ1v) is 4.17. The van der Waals surface area contributed by atoms with Crippen molar-refractivity contribution in [2.75, 3.05) is 26.4 Å². The Hall–Kier alpha value is -0.160. The van der Waals surface area contributed by atoms with E-state index < -0.39 is 0 Å². The molecule has 0 aliphatic heterocycles. The third-order valence-electron chi connectivity index (χ3n) is 1.61. The largest absolute Gasteiger partial charge is 0.394 e. The van der Waals surface area contributed by atoms with Gasteiger partial charge in [0, 0.05) is 0 Å². The Balaban J connectivity index is 3.39. The molecular formula is C8H18O4. The minimum absolute atomic E-state index is 0.0249. The topological polar surface area (TPSA) is 58.9 Å². The highest BCUT2D eigenvalue weighted by Gasteiger charge is 2.11. The minimum Gasteiger partial charge on any atom is -0.394 e. The van der Waals surface area contributed by atoms with Crippen LogP contribution in [0.2, 0.25) is 0 Å². The molecule has 0 rings (SSSR count). The van der Waals surface area contributed by atoms with Crippen molar-refractivity contribution in [3.05, 3.63) is 0 Å². The first kappa shape index (κ1) is 11.8. The molecule has 0 spiro atoms. The molecule has 4 heteroatoms. The van der Waals surface area contributed by atoms with Crippen LogP contribution in [0.1, 0.15) is 13.8 Å². The van der Waals surface area contributed by atoms with Crippen LogP contribution in [0, 0.1) is 0 Å². The normalized spacial score (nSPS) is 16.0. The lowest BCUT2D eigenvalue weighted by molar-refractivity contribution is -0.0693. The average Bonchev–Trinajstić information content (AvgIpc) is 2.10. The zero-order chi connectivity index (χ0) is 9.40. The minimum atomic E-state index is -0.0521. The van der Waals surface area contributed by atoms with Crippen LogP contribution in [0.5, 0.6) is 0 Å². The Kier molecular flexibility index (Phi) is 7.39. The smallest absolute Gasteiger partial charge is 0.0807 e. The molecule has 2 N–H and O–H groups in total. The van der Waals surface area contributed by atoms with Crippen molar-refractivity contribution in [3.63, 3.8) is 0 Å². The fraction of sp³-hybridized carbons (Fsp3) is 1.00. The van der Waals surface area contributed by atoms with E-state index in [2.05, 4.69) is 0 Å². The summed E-state index contributed by atoms with van der Waals surface area (Å²) in [5, 5.41) is 16.9. The fourth-order valence-corrected chi connectivity index (χ4v) is 0.748. The van der Waals surface area contributed by atoms with Crippen LogP contribution in [0.25, 0.3) is 0 Å². The van der Waals surface area contributed by atoms with E-state index in [-0.39, 0.29) is 25.4 Å². The highest BCUT2D eigenvalue weighted by molar-refractivity contribution is 4.59. The third kappa shape index (κ3) is 5.49. The van der Waals surface area contributed by atoms with Gasteiger partial charge in [-0.2, -0.15) is 0 Å². The fourth-order valence-electron chi connectivity index (χ4n) is 0.748. The van der Waals surface area contributed by atoms with Crippen LogP contribution in [-0.4, -0.2) is 48.8 Å². The van der Waals surface area contributed by atoms with Gasteiger partial charge in [-0.05, 0) is 13.8 Å². The van der Waals surface area contributed by atoms with E-state index in [0.29, 0.717) is 13.2 Å². The van der Waals surface area contributed by atoms with Gasteiger partial charge in [-0.25, -0.2) is 0 Å². The molecule has 0 aliphatic rings. The molecule has 0 unspecified atom stereocenters.